The highest BCUT2D eigenvalue weighted by Gasteiger charge is 2.04. The van der Waals surface area contributed by atoms with Crippen LogP contribution in [0, 0.1) is 29.9 Å². The Morgan fingerprint density at radius 3 is 2.58 bits per heavy atom. The fraction of sp³-hybridized carbons (Fsp3) is 0.133. The Morgan fingerprint density at radius 1 is 1.11 bits per heavy atom. The van der Waals surface area contributed by atoms with E-state index in [0.717, 1.165) is 17.7 Å². The summed E-state index contributed by atoms with van der Waals surface area (Å²) in [6, 6.07) is 11.3. The van der Waals surface area contributed by atoms with Gasteiger partial charge in [0.1, 0.15) is 6.07 Å². The molecule has 0 heterocycles. The SMILES string of the molecule is Cc1ccc(NCc2ccc(F)c(F)c2)c(C#N)c1. The number of halogens is 2. The zero-order valence-corrected chi connectivity index (χ0v) is 10.4. The first-order chi connectivity index (χ1) is 9.10. The first-order valence-corrected chi connectivity index (χ1v) is 5.78. The average Bonchev–Trinajstić information content (AvgIpc) is 2.41. The van der Waals surface area contributed by atoms with Crippen molar-refractivity contribution >= 4 is 5.69 Å². The van der Waals surface area contributed by atoms with Gasteiger partial charge in [-0.15, -0.1) is 0 Å². The van der Waals surface area contributed by atoms with Gasteiger partial charge in [0.25, 0.3) is 0 Å². The van der Waals surface area contributed by atoms with Crippen LogP contribution < -0.4 is 5.32 Å². The van der Waals surface area contributed by atoms with E-state index in [4.69, 9.17) is 5.26 Å². The molecule has 0 saturated carbocycles. The zero-order chi connectivity index (χ0) is 13.8. The third kappa shape index (κ3) is 3.08. The van der Waals surface area contributed by atoms with Gasteiger partial charge in [-0.2, -0.15) is 5.26 Å². The number of aryl methyl sites for hydroxylation is 1. The molecule has 0 bridgehead atoms. The van der Waals surface area contributed by atoms with Crippen molar-refractivity contribution in [1.29, 1.82) is 5.26 Å². The minimum atomic E-state index is -0.872. The van der Waals surface area contributed by atoms with E-state index in [2.05, 4.69) is 11.4 Å². The molecule has 0 amide bonds. The number of anilines is 1. The summed E-state index contributed by atoms with van der Waals surface area (Å²) in [5.74, 6) is -1.74. The lowest BCUT2D eigenvalue weighted by molar-refractivity contribution is 0.507. The van der Waals surface area contributed by atoms with Gasteiger partial charge in [-0.05, 0) is 42.3 Å². The first kappa shape index (κ1) is 13.0. The van der Waals surface area contributed by atoms with Crippen molar-refractivity contribution in [3.8, 4) is 6.07 Å². The molecule has 4 heteroatoms. The van der Waals surface area contributed by atoms with Gasteiger partial charge < -0.3 is 5.32 Å². The van der Waals surface area contributed by atoms with E-state index in [0.29, 0.717) is 23.4 Å². The van der Waals surface area contributed by atoms with Crippen LogP contribution in [0.15, 0.2) is 36.4 Å². The molecule has 96 valence electrons. The summed E-state index contributed by atoms with van der Waals surface area (Å²) in [6.45, 7) is 2.23. The average molecular weight is 258 g/mol. The molecule has 0 aromatic heterocycles. The van der Waals surface area contributed by atoms with E-state index in [9.17, 15) is 8.78 Å². The maximum absolute atomic E-state index is 13.0. The van der Waals surface area contributed by atoms with Crippen LogP contribution in [0.5, 0.6) is 0 Å². The molecular weight excluding hydrogens is 246 g/mol. The summed E-state index contributed by atoms with van der Waals surface area (Å²) in [7, 11) is 0. The fourth-order valence-corrected chi connectivity index (χ4v) is 1.75. The molecule has 2 rings (SSSR count). The second-order valence-electron chi connectivity index (χ2n) is 4.26. The number of benzene rings is 2. The fourth-order valence-electron chi connectivity index (χ4n) is 1.75. The highest BCUT2D eigenvalue weighted by atomic mass is 19.2. The van der Waals surface area contributed by atoms with Gasteiger partial charge >= 0.3 is 0 Å². The summed E-state index contributed by atoms with van der Waals surface area (Å²) < 4.78 is 25.8. The molecule has 0 saturated heterocycles. The van der Waals surface area contributed by atoms with Crippen LogP contribution in [0.1, 0.15) is 16.7 Å². The molecule has 0 aliphatic rings. The number of nitriles is 1. The van der Waals surface area contributed by atoms with E-state index in [1.165, 1.54) is 6.07 Å². The second kappa shape index (κ2) is 5.49. The Balaban J connectivity index is 2.14. The van der Waals surface area contributed by atoms with Crippen LogP contribution in [-0.4, -0.2) is 0 Å². The number of rotatable bonds is 3. The molecule has 0 spiro atoms. The molecule has 1 N–H and O–H groups in total. The number of nitrogens with zero attached hydrogens (tertiary/aromatic N) is 1. The minimum Gasteiger partial charge on any atom is -0.380 e. The van der Waals surface area contributed by atoms with E-state index in [1.54, 1.807) is 12.1 Å². The number of hydrogen-bond donors (Lipinski definition) is 1. The first-order valence-electron chi connectivity index (χ1n) is 5.78. The van der Waals surface area contributed by atoms with E-state index >= 15 is 0 Å². The smallest absolute Gasteiger partial charge is 0.159 e. The summed E-state index contributed by atoms with van der Waals surface area (Å²) in [4.78, 5) is 0. The van der Waals surface area contributed by atoms with Gasteiger partial charge in [-0.3, -0.25) is 0 Å². The van der Waals surface area contributed by atoms with Crippen molar-refractivity contribution in [2.45, 2.75) is 13.5 Å². The van der Waals surface area contributed by atoms with Crippen LogP contribution in [0.2, 0.25) is 0 Å². The Morgan fingerprint density at radius 2 is 1.89 bits per heavy atom. The van der Waals surface area contributed by atoms with E-state index in [-0.39, 0.29) is 0 Å². The lowest BCUT2D eigenvalue weighted by Gasteiger charge is -2.09. The third-order valence-electron chi connectivity index (χ3n) is 2.76. The topological polar surface area (TPSA) is 35.8 Å². The normalized spacial score (nSPS) is 10.0. The lowest BCUT2D eigenvalue weighted by Crippen LogP contribution is -2.02. The predicted octanol–water partition coefficient (Wildman–Crippen LogP) is 3.76. The molecular formula is C15H12F2N2. The highest BCUT2D eigenvalue weighted by Crippen LogP contribution is 2.18. The van der Waals surface area contributed by atoms with Gasteiger partial charge in [0.05, 0.1) is 11.3 Å². The van der Waals surface area contributed by atoms with Crippen molar-refractivity contribution in [2.75, 3.05) is 5.32 Å². The molecule has 19 heavy (non-hydrogen) atoms. The molecule has 0 aliphatic heterocycles. The van der Waals surface area contributed by atoms with E-state index in [1.807, 2.05) is 13.0 Å². The lowest BCUT2D eigenvalue weighted by atomic mass is 10.1. The van der Waals surface area contributed by atoms with Gasteiger partial charge in [0, 0.05) is 6.54 Å². The molecule has 0 unspecified atom stereocenters. The maximum Gasteiger partial charge on any atom is 0.159 e. The number of nitrogens with one attached hydrogen (secondary N) is 1. The monoisotopic (exact) mass is 258 g/mol. The van der Waals surface area contributed by atoms with Crippen LogP contribution in [-0.2, 0) is 6.54 Å². The van der Waals surface area contributed by atoms with Gasteiger partial charge in [0.15, 0.2) is 11.6 Å². The summed E-state index contributed by atoms with van der Waals surface area (Å²) in [5.41, 5.74) is 2.82. The minimum absolute atomic E-state index is 0.328. The highest BCUT2D eigenvalue weighted by molar-refractivity contribution is 5.58. The van der Waals surface area contributed by atoms with Gasteiger partial charge in [-0.25, -0.2) is 8.78 Å². The number of hydrogen-bond acceptors (Lipinski definition) is 2. The predicted molar refractivity (Wildman–Crippen MR) is 69.6 cm³/mol. The maximum atomic E-state index is 13.0. The molecule has 2 aromatic rings. The molecule has 0 radical (unpaired) electrons. The van der Waals surface area contributed by atoms with Crippen molar-refractivity contribution < 1.29 is 8.78 Å². The Hall–Kier alpha value is -2.41. The standard InChI is InChI=1S/C15H12F2N2/c1-10-2-5-15(12(6-10)8-18)19-9-11-3-4-13(16)14(17)7-11/h2-7,19H,9H2,1H3. The van der Waals surface area contributed by atoms with Crippen molar-refractivity contribution in [3.63, 3.8) is 0 Å². The summed E-state index contributed by atoms with van der Waals surface area (Å²) >= 11 is 0. The molecule has 2 nitrogen and oxygen atoms in total. The Bertz CT molecular complexity index is 645. The van der Waals surface area contributed by atoms with Crippen LogP contribution >= 0.6 is 0 Å². The Labute approximate surface area is 110 Å². The third-order valence-corrected chi connectivity index (χ3v) is 2.76. The van der Waals surface area contributed by atoms with Crippen molar-refractivity contribution in [3.05, 3.63) is 64.7 Å². The van der Waals surface area contributed by atoms with Crippen LogP contribution in [0.3, 0.4) is 0 Å². The van der Waals surface area contributed by atoms with E-state index < -0.39 is 11.6 Å². The van der Waals surface area contributed by atoms with Crippen LogP contribution in [0.25, 0.3) is 0 Å². The Kier molecular flexibility index (Phi) is 3.76. The summed E-state index contributed by atoms with van der Waals surface area (Å²) in [5, 5.41) is 12.1. The van der Waals surface area contributed by atoms with Crippen LogP contribution in [0.4, 0.5) is 14.5 Å². The molecule has 2 aromatic carbocycles. The van der Waals surface area contributed by atoms with Gasteiger partial charge in [-0.1, -0.05) is 12.1 Å². The van der Waals surface area contributed by atoms with Gasteiger partial charge in [0.2, 0.25) is 0 Å². The second-order valence-corrected chi connectivity index (χ2v) is 4.26. The molecule has 0 fully saturated rings. The molecule has 0 aliphatic carbocycles. The largest absolute Gasteiger partial charge is 0.380 e. The molecule has 0 atom stereocenters. The zero-order valence-electron chi connectivity index (χ0n) is 10.4. The summed E-state index contributed by atoms with van der Waals surface area (Å²) in [6.07, 6.45) is 0. The van der Waals surface area contributed by atoms with Crippen molar-refractivity contribution in [1.82, 2.24) is 0 Å². The quantitative estimate of drug-likeness (QED) is 0.909. The van der Waals surface area contributed by atoms with Crippen molar-refractivity contribution in [2.24, 2.45) is 0 Å².